The SMILES string of the molecule is C=C/C=C(\C(=C)c1ccc(CN2C(=O)C3(CCCC3)N=C2CCCC)cc1)c1nn[nH]n1. The number of rotatable bonds is 9. The first-order chi connectivity index (χ1) is 15.6. The number of nitrogens with zero attached hydrogens (tertiary/aromatic N) is 5. The van der Waals surface area contributed by atoms with E-state index in [0.717, 1.165) is 73.1 Å². The third-order valence-corrected chi connectivity index (χ3v) is 6.32. The zero-order chi connectivity index (χ0) is 22.6. The quantitative estimate of drug-likeness (QED) is 0.583. The molecule has 1 aromatic heterocycles. The molecular formula is C25H30N6O. The van der Waals surface area contributed by atoms with Crippen molar-refractivity contribution in [2.45, 2.75) is 64.0 Å². The van der Waals surface area contributed by atoms with Crippen molar-refractivity contribution in [3.05, 3.63) is 66.5 Å². The Morgan fingerprint density at radius 2 is 2.00 bits per heavy atom. The number of aromatic amines is 1. The van der Waals surface area contributed by atoms with E-state index >= 15 is 0 Å². The Morgan fingerprint density at radius 1 is 1.25 bits per heavy atom. The lowest BCUT2D eigenvalue weighted by atomic mass is 9.96. The number of carbonyl (C=O) groups is 1. The summed E-state index contributed by atoms with van der Waals surface area (Å²) in [4.78, 5) is 20.2. The Morgan fingerprint density at radius 3 is 2.62 bits per heavy atom. The van der Waals surface area contributed by atoms with Gasteiger partial charge in [0.2, 0.25) is 5.82 Å². The van der Waals surface area contributed by atoms with Gasteiger partial charge in [-0.3, -0.25) is 14.7 Å². The van der Waals surface area contributed by atoms with Crippen molar-refractivity contribution in [1.82, 2.24) is 25.5 Å². The van der Waals surface area contributed by atoms with Crippen LogP contribution in [-0.4, -0.2) is 42.8 Å². The number of benzene rings is 1. The summed E-state index contributed by atoms with van der Waals surface area (Å²) < 4.78 is 0. The van der Waals surface area contributed by atoms with Crippen LogP contribution >= 0.6 is 0 Å². The summed E-state index contributed by atoms with van der Waals surface area (Å²) in [6, 6.07) is 8.13. The highest BCUT2D eigenvalue weighted by Gasteiger charge is 2.49. The molecule has 166 valence electrons. The van der Waals surface area contributed by atoms with Crippen LogP contribution in [0.5, 0.6) is 0 Å². The van der Waals surface area contributed by atoms with Crippen LogP contribution in [0.1, 0.15) is 68.8 Å². The normalized spacial score (nSPS) is 17.8. The van der Waals surface area contributed by atoms with Gasteiger partial charge in [-0.1, -0.05) is 75.8 Å². The van der Waals surface area contributed by atoms with E-state index < -0.39 is 5.54 Å². The second-order valence-electron chi connectivity index (χ2n) is 8.49. The largest absolute Gasteiger partial charge is 0.294 e. The molecule has 32 heavy (non-hydrogen) atoms. The number of unbranched alkanes of at least 4 members (excludes halogenated alkanes) is 1. The minimum Gasteiger partial charge on any atom is -0.294 e. The summed E-state index contributed by atoms with van der Waals surface area (Å²) in [6.07, 6.45) is 10.4. The first kappa shape index (κ1) is 21.9. The van der Waals surface area contributed by atoms with Gasteiger partial charge in [-0.2, -0.15) is 5.21 Å². The molecule has 1 amide bonds. The van der Waals surface area contributed by atoms with Gasteiger partial charge >= 0.3 is 0 Å². The number of tetrazole rings is 1. The van der Waals surface area contributed by atoms with Crippen LogP contribution in [-0.2, 0) is 11.3 Å². The fourth-order valence-corrected chi connectivity index (χ4v) is 4.55. The van der Waals surface area contributed by atoms with Crippen molar-refractivity contribution in [2.75, 3.05) is 0 Å². The number of amidine groups is 1. The van der Waals surface area contributed by atoms with Crippen LogP contribution in [0.25, 0.3) is 11.1 Å². The molecule has 4 rings (SSSR count). The van der Waals surface area contributed by atoms with E-state index in [2.05, 4.69) is 40.7 Å². The predicted octanol–water partition coefficient (Wildman–Crippen LogP) is 4.73. The van der Waals surface area contributed by atoms with Gasteiger partial charge in [0.05, 0.1) is 6.54 Å². The lowest BCUT2D eigenvalue weighted by Crippen LogP contribution is -2.40. The molecule has 7 heteroatoms. The minimum absolute atomic E-state index is 0.183. The Hall–Kier alpha value is -3.35. The van der Waals surface area contributed by atoms with E-state index in [4.69, 9.17) is 4.99 Å². The van der Waals surface area contributed by atoms with Gasteiger partial charge in [0, 0.05) is 12.0 Å². The average Bonchev–Trinajstić information content (AvgIpc) is 3.55. The highest BCUT2D eigenvalue weighted by molar-refractivity contribution is 6.08. The average molecular weight is 431 g/mol. The van der Waals surface area contributed by atoms with Crippen LogP contribution in [0.4, 0.5) is 0 Å². The van der Waals surface area contributed by atoms with Crippen molar-refractivity contribution in [3.63, 3.8) is 0 Å². The maximum atomic E-state index is 13.3. The molecule has 1 fully saturated rings. The monoisotopic (exact) mass is 430 g/mol. The van der Waals surface area contributed by atoms with E-state index in [-0.39, 0.29) is 5.91 Å². The number of H-pyrrole nitrogens is 1. The molecule has 1 aliphatic carbocycles. The number of nitrogens with one attached hydrogen (secondary N) is 1. The molecular weight excluding hydrogens is 400 g/mol. The number of allylic oxidation sites excluding steroid dienone is 4. The minimum atomic E-state index is -0.494. The van der Waals surface area contributed by atoms with E-state index in [1.807, 2.05) is 35.2 Å². The van der Waals surface area contributed by atoms with E-state index in [1.165, 1.54) is 0 Å². The molecule has 1 spiro atoms. The third kappa shape index (κ3) is 4.20. The van der Waals surface area contributed by atoms with E-state index in [1.54, 1.807) is 6.08 Å². The van der Waals surface area contributed by atoms with Crippen LogP contribution < -0.4 is 0 Å². The number of aromatic nitrogens is 4. The van der Waals surface area contributed by atoms with Crippen molar-refractivity contribution in [2.24, 2.45) is 4.99 Å². The van der Waals surface area contributed by atoms with Gasteiger partial charge < -0.3 is 0 Å². The second kappa shape index (κ2) is 9.42. The maximum Gasteiger partial charge on any atom is 0.256 e. The second-order valence-corrected chi connectivity index (χ2v) is 8.49. The van der Waals surface area contributed by atoms with E-state index in [0.29, 0.717) is 12.4 Å². The smallest absolute Gasteiger partial charge is 0.256 e. The summed E-state index contributed by atoms with van der Waals surface area (Å²) in [5, 5.41) is 14.2. The molecule has 0 atom stereocenters. The summed E-state index contributed by atoms with van der Waals surface area (Å²) >= 11 is 0. The highest BCUT2D eigenvalue weighted by atomic mass is 16.2. The summed E-state index contributed by atoms with van der Waals surface area (Å²) in [5.41, 5.74) is 3.07. The Kier molecular flexibility index (Phi) is 6.44. The Labute approximate surface area is 189 Å². The molecule has 0 unspecified atom stereocenters. The number of aliphatic imine (C=N–C) groups is 1. The third-order valence-electron chi connectivity index (χ3n) is 6.32. The maximum absolute atomic E-state index is 13.3. The lowest BCUT2D eigenvalue weighted by molar-refractivity contribution is -0.131. The molecule has 2 heterocycles. The van der Waals surface area contributed by atoms with Gasteiger partial charge in [-0.15, -0.1) is 10.2 Å². The van der Waals surface area contributed by atoms with Gasteiger partial charge in [0.1, 0.15) is 11.4 Å². The number of hydrogen-bond donors (Lipinski definition) is 1. The molecule has 0 saturated heterocycles. The molecule has 0 bridgehead atoms. The standard InChI is InChI=1S/C25H30N6O/c1-4-6-10-22-26-25(15-7-8-16-25)24(32)31(22)17-19-11-13-20(14-12-19)18(3)21(9-5-2)23-27-29-30-28-23/h5,9,11-14H,2-4,6-8,10,15-17H2,1H3,(H,27,28,29,30)/b21-9+. The zero-order valence-electron chi connectivity index (χ0n) is 18.7. The molecule has 1 aromatic carbocycles. The van der Waals surface area contributed by atoms with Crippen LogP contribution in [0.15, 0.2) is 54.6 Å². The zero-order valence-corrected chi connectivity index (χ0v) is 18.7. The molecule has 0 radical (unpaired) electrons. The molecule has 1 aliphatic heterocycles. The van der Waals surface area contributed by atoms with E-state index in [9.17, 15) is 4.79 Å². The van der Waals surface area contributed by atoms with Gasteiger partial charge in [0.25, 0.3) is 5.91 Å². The van der Waals surface area contributed by atoms with Crippen LogP contribution in [0, 0.1) is 0 Å². The number of amides is 1. The predicted molar refractivity (Wildman–Crippen MR) is 127 cm³/mol. The molecule has 7 nitrogen and oxygen atoms in total. The lowest BCUT2D eigenvalue weighted by Gasteiger charge is -2.23. The van der Waals surface area contributed by atoms with Crippen molar-refractivity contribution < 1.29 is 4.79 Å². The molecule has 2 aromatic rings. The molecule has 2 aliphatic rings. The Bertz CT molecular complexity index is 1040. The summed E-state index contributed by atoms with van der Waals surface area (Å²) in [7, 11) is 0. The summed E-state index contributed by atoms with van der Waals surface area (Å²) in [5.74, 6) is 1.61. The van der Waals surface area contributed by atoms with Crippen molar-refractivity contribution in [1.29, 1.82) is 0 Å². The highest BCUT2D eigenvalue weighted by Crippen LogP contribution is 2.40. The van der Waals surface area contributed by atoms with Gasteiger partial charge in [0.15, 0.2) is 0 Å². The molecule has 1 N–H and O–H groups in total. The first-order valence-electron chi connectivity index (χ1n) is 11.3. The van der Waals surface area contributed by atoms with Crippen LogP contribution in [0.3, 0.4) is 0 Å². The fraction of sp³-hybridized carbons (Fsp3) is 0.400. The van der Waals surface area contributed by atoms with Crippen molar-refractivity contribution in [3.8, 4) is 0 Å². The topological polar surface area (TPSA) is 87.1 Å². The Balaban J connectivity index is 1.52. The first-order valence-corrected chi connectivity index (χ1v) is 11.3. The molecule has 1 saturated carbocycles. The number of carbonyl (C=O) groups excluding carboxylic acids is 1. The number of hydrogen-bond acceptors (Lipinski definition) is 5. The summed E-state index contributed by atoms with van der Waals surface area (Å²) in [6.45, 7) is 10.7. The van der Waals surface area contributed by atoms with Crippen LogP contribution in [0.2, 0.25) is 0 Å². The van der Waals surface area contributed by atoms with Crippen molar-refractivity contribution >= 4 is 22.9 Å². The fourth-order valence-electron chi connectivity index (χ4n) is 4.55. The van der Waals surface area contributed by atoms with Gasteiger partial charge in [-0.05, 0) is 41.2 Å². The van der Waals surface area contributed by atoms with Gasteiger partial charge in [-0.25, -0.2) is 0 Å².